The third-order valence-electron chi connectivity index (χ3n) is 7.33. The van der Waals surface area contributed by atoms with Crippen LogP contribution in [-0.4, -0.2) is 49.9 Å². The second-order valence-corrected chi connectivity index (χ2v) is 12.0. The van der Waals surface area contributed by atoms with Gasteiger partial charge in [0, 0.05) is 5.70 Å². The number of amides is 2. The van der Waals surface area contributed by atoms with Crippen LogP contribution in [0.1, 0.15) is 36.6 Å². The van der Waals surface area contributed by atoms with Crippen LogP contribution in [0.3, 0.4) is 0 Å². The Kier molecular flexibility index (Phi) is 11.4. The van der Waals surface area contributed by atoms with E-state index >= 15 is 0 Å². The summed E-state index contributed by atoms with van der Waals surface area (Å²) in [5, 5.41) is 22.6. The number of aliphatic hydroxyl groups excluding tert-OH is 1. The van der Waals surface area contributed by atoms with Crippen LogP contribution in [0.5, 0.6) is 17.2 Å². The molecule has 0 radical (unpaired) electrons. The molecule has 4 N–H and O–H groups in total. The third kappa shape index (κ3) is 8.38. The molecule has 0 unspecified atom stereocenters. The van der Waals surface area contributed by atoms with E-state index in [0.717, 1.165) is 16.3 Å². The molecule has 48 heavy (non-hydrogen) atoms. The van der Waals surface area contributed by atoms with Crippen LogP contribution >= 0.6 is 27.5 Å². The lowest BCUT2D eigenvalue weighted by Gasteiger charge is -2.28. The molecule has 1 aliphatic heterocycles. The van der Waals surface area contributed by atoms with Gasteiger partial charge < -0.3 is 34.7 Å². The van der Waals surface area contributed by atoms with Gasteiger partial charge in [-0.2, -0.15) is 5.10 Å². The van der Waals surface area contributed by atoms with Crippen molar-refractivity contribution in [2.75, 3.05) is 20.3 Å². The highest BCUT2D eigenvalue weighted by Crippen LogP contribution is 2.36. The molecule has 1 heterocycles. The van der Waals surface area contributed by atoms with E-state index in [4.69, 9.17) is 30.5 Å². The number of hydrogen-bond donors (Lipinski definition) is 4. The van der Waals surface area contributed by atoms with Gasteiger partial charge in [-0.05, 0) is 87.6 Å². The quantitative estimate of drug-likeness (QED) is 0.0539. The number of esters is 1. The summed E-state index contributed by atoms with van der Waals surface area (Å²) in [6.45, 7) is 3.94. The Labute approximate surface area is 291 Å². The molecule has 0 spiro atoms. The lowest BCUT2D eigenvalue weighted by atomic mass is 9.95. The van der Waals surface area contributed by atoms with Gasteiger partial charge in [0.1, 0.15) is 13.2 Å². The van der Waals surface area contributed by atoms with E-state index in [1.165, 1.54) is 13.3 Å². The Morgan fingerprint density at radius 3 is 2.60 bits per heavy atom. The number of hydrazone groups is 1. The molecule has 0 bridgehead atoms. The van der Waals surface area contributed by atoms with Crippen molar-refractivity contribution in [2.45, 2.75) is 32.7 Å². The molecule has 13 heteroatoms. The van der Waals surface area contributed by atoms with Gasteiger partial charge in [-0.3, -0.25) is 5.43 Å². The van der Waals surface area contributed by atoms with Crippen molar-refractivity contribution in [1.29, 1.82) is 0 Å². The molecule has 0 aliphatic carbocycles. The summed E-state index contributed by atoms with van der Waals surface area (Å²) >= 11 is 10.1. The number of rotatable bonds is 13. The molecule has 2 amide bonds. The molecular formula is C35H34BrClN4O7. The summed E-state index contributed by atoms with van der Waals surface area (Å²) in [4.78, 5) is 24.6. The van der Waals surface area contributed by atoms with E-state index < -0.39 is 24.3 Å². The molecule has 0 saturated heterocycles. The minimum Gasteiger partial charge on any atom is -0.490 e. The van der Waals surface area contributed by atoms with Crippen LogP contribution in [0.4, 0.5) is 4.79 Å². The fourth-order valence-electron chi connectivity index (χ4n) is 5.10. The molecule has 11 nitrogen and oxygen atoms in total. The average molecular weight is 738 g/mol. The van der Waals surface area contributed by atoms with E-state index in [0.29, 0.717) is 56.8 Å². The van der Waals surface area contributed by atoms with Crippen molar-refractivity contribution < 1.29 is 33.6 Å². The SMILES string of the molecule is CCOc1cc([C@H]2NC(=O)NC(C)=C2C(=O)OC)ccc1OC[C@H](O)N/N=C\c1cc(Cl)c(OCc2ccc3ccccc3c2)c(Br)c1. The summed E-state index contributed by atoms with van der Waals surface area (Å²) < 4.78 is 23.2. The molecule has 2 atom stereocenters. The number of methoxy groups -OCH3 is 1. The number of ether oxygens (including phenoxy) is 4. The fraction of sp³-hybridized carbons (Fsp3) is 0.229. The number of nitrogens with one attached hydrogen (secondary N) is 3. The van der Waals surface area contributed by atoms with Crippen LogP contribution < -0.4 is 30.3 Å². The van der Waals surface area contributed by atoms with Crippen LogP contribution in [0.15, 0.2) is 93.6 Å². The lowest BCUT2D eigenvalue weighted by molar-refractivity contribution is -0.136. The zero-order chi connectivity index (χ0) is 34.2. The molecule has 4 aromatic rings. The number of carbonyl (C=O) groups is 2. The smallest absolute Gasteiger partial charge is 0.337 e. The van der Waals surface area contributed by atoms with Gasteiger partial charge in [0.2, 0.25) is 0 Å². The van der Waals surface area contributed by atoms with Crippen LogP contribution in [0.25, 0.3) is 10.8 Å². The molecule has 0 aromatic heterocycles. The second-order valence-electron chi connectivity index (χ2n) is 10.7. The van der Waals surface area contributed by atoms with Gasteiger partial charge in [-0.1, -0.05) is 54.1 Å². The van der Waals surface area contributed by atoms with Gasteiger partial charge in [0.25, 0.3) is 0 Å². The van der Waals surface area contributed by atoms with Crippen molar-refractivity contribution >= 4 is 56.5 Å². The van der Waals surface area contributed by atoms with Crippen LogP contribution in [0.2, 0.25) is 5.02 Å². The maximum absolute atomic E-state index is 12.5. The minimum atomic E-state index is -1.17. The zero-order valence-corrected chi connectivity index (χ0v) is 28.7. The number of halogens is 2. The maximum atomic E-state index is 12.5. The zero-order valence-electron chi connectivity index (χ0n) is 26.4. The number of fused-ring (bicyclic) bond motifs is 1. The van der Waals surface area contributed by atoms with E-state index in [2.05, 4.69) is 61.4 Å². The highest BCUT2D eigenvalue weighted by molar-refractivity contribution is 9.10. The van der Waals surface area contributed by atoms with Crippen molar-refractivity contribution in [2.24, 2.45) is 5.10 Å². The molecule has 5 rings (SSSR count). The number of aliphatic hydroxyl groups is 1. The number of hydrogen-bond acceptors (Lipinski definition) is 9. The number of benzene rings is 4. The van der Waals surface area contributed by atoms with E-state index in [1.807, 2.05) is 25.1 Å². The maximum Gasteiger partial charge on any atom is 0.337 e. The average Bonchev–Trinajstić information content (AvgIpc) is 3.06. The summed E-state index contributed by atoms with van der Waals surface area (Å²) in [5.41, 5.74) is 5.54. The monoisotopic (exact) mass is 736 g/mol. The largest absolute Gasteiger partial charge is 0.490 e. The Hall–Kier alpha value is -4.78. The molecule has 0 fully saturated rings. The molecule has 4 aromatic carbocycles. The van der Waals surface area contributed by atoms with E-state index in [-0.39, 0.29) is 12.2 Å². The van der Waals surface area contributed by atoms with Crippen molar-refractivity contribution in [3.8, 4) is 17.2 Å². The fourth-order valence-corrected chi connectivity index (χ4v) is 6.08. The normalized spacial score (nSPS) is 15.1. The molecule has 0 saturated carbocycles. The predicted octanol–water partition coefficient (Wildman–Crippen LogP) is 6.36. The molecule has 1 aliphatic rings. The minimum absolute atomic E-state index is 0.167. The first-order chi connectivity index (χ1) is 23.2. The predicted molar refractivity (Wildman–Crippen MR) is 186 cm³/mol. The van der Waals surface area contributed by atoms with Crippen LogP contribution in [0, 0.1) is 0 Å². The highest BCUT2D eigenvalue weighted by atomic mass is 79.9. The first-order valence-corrected chi connectivity index (χ1v) is 16.2. The van der Waals surface area contributed by atoms with Gasteiger partial charge in [-0.25, -0.2) is 9.59 Å². The summed E-state index contributed by atoms with van der Waals surface area (Å²) in [5.74, 6) is 0.646. The number of carbonyl (C=O) groups excluding carboxylic acids is 2. The Balaban J connectivity index is 1.18. The second kappa shape index (κ2) is 15.9. The first kappa shape index (κ1) is 34.6. The van der Waals surface area contributed by atoms with Gasteiger partial charge in [0.15, 0.2) is 23.5 Å². The van der Waals surface area contributed by atoms with Crippen molar-refractivity contribution in [1.82, 2.24) is 16.1 Å². The van der Waals surface area contributed by atoms with E-state index in [1.54, 1.807) is 37.3 Å². The lowest BCUT2D eigenvalue weighted by Crippen LogP contribution is -2.45. The summed E-state index contributed by atoms with van der Waals surface area (Å²) in [6.07, 6.45) is 0.342. The first-order valence-electron chi connectivity index (χ1n) is 15.0. The van der Waals surface area contributed by atoms with Crippen LogP contribution in [-0.2, 0) is 16.1 Å². The Morgan fingerprint density at radius 2 is 1.85 bits per heavy atom. The summed E-state index contributed by atoms with van der Waals surface area (Å²) in [6, 6.07) is 21.6. The molecular weight excluding hydrogens is 704 g/mol. The number of allylic oxidation sites excluding steroid dienone is 1. The molecule has 250 valence electrons. The third-order valence-corrected chi connectivity index (χ3v) is 8.20. The van der Waals surface area contributed by atoms with Crippen molar-refractivity contribution in [3.05, 3.63) is 110 Å². The Bertz CT molecular complexity index is 1860. The highest BCUT2D eigenvalue weighted by Gasteiger charge is 2.32. The standard InChI is InChI=1S/C35H34BrClN4O7/c1-4-46-29-16-25(32-31(34(43)45-3)20(2)39-35(44)40-32)11-12-28(29)47-19-30(42)41-38-17-22-14-26(36)33(27(37)15-22)48-18-21-9-10-23-7-5-6-8-24(23)13-21/h5-17,30,32,41-42H,4,18-19H2,1-3H3,(H2,39,40,44)/b38-17-/t30-,32+/m0/s1. The Morgan fingerprint density at radius 1 is 1.06 bits per heavy atom. The topological polar surface area (TPSA) is 140 Å². The van der Waals surface area contributed by atoms with Crippen molar-refractivity contribution in [3.63, 3.8) is 0 Å². The number of nitrogens with zero attached hydrogens (tertiary/aromatic N) is 1. The number of urea groups is 1. The van der Waals surface area contributed by atoms with E-state index in [9.17, 15) is 14.7 Å². The van der Waals surface area contributed by atoms with Gasteiger partial charge in [-0.15, -0.1) is 0 Å². The van der Waals surface area contributed by atoms with Gasteiger partial charge in [0.05, 0.1) is 41.0 Å². The summed E-state index contributed by atoms with van der Waals surface area (Å²) in [7, 11) is 1.27. The van der Waals surface area contributed by atoms with Gasteiger partial charge >= 0.3 is 12.0 Å².